The summed E-state index contributed by atoms with van der Waals surface area (Å²) in [6, 6.07) is 17.5. The lowest BCUT2D eigenvalue weighted by Crippen LogP contribution is -2.30. The Hall–Kier alpha value is -3.41. The fourth-order valence-corrected chi connectivity index (χ4v) is 3.09. The van der Waals surface area contributed by atoms with Crippen molar-refractivity contribution in [3.05, 3.63) is 89.0 Å². The summed E-state index contributed by atoms with van der Waals surface area (Å²) in [4.78, 5) is 24.9. The van der Waals surface area contributed by atoms with Gasteiger partial charge in [-0.2, -0.15) is 0 Å². The first kappa shape index (κ1) is 20.3. The second-order valence-corrected chi connectivity index (χ2v) is 6.87. The highest BCUT2D eigenvalue weighted by atomic mass is 19.1. The molecule has 1 amide bonds. The normalized spacial score (nSPS) is 11.7. The number of carbonyl (C=O) groups excluding carboxylic acids is 2. The van der Waals surface area contributed by atoms with Gasteiger partial charge in [0.05, 0.1) is 11.3 Å². The molecular weight excluding hydrogens is 371 g/mol. The Kier molecular flexibility index (Phi) is 6.12. The molecule has 0 fully saturated rings. The van der Waals surface area contributed by atoms with Gasteiger partial charge in [0.25, 0.3) is 5.91 Å². The van der Waals surface area contributed by atoms with E-state index >= 15 is 0 Å². The summed E-state index contributed by atoms with van der Waals surface area (Å²) in [7, 11) is 0. The number of amides is 1. The molecule has 1 atom stereocenters. The summed E-state index contributed by atoms with van der Waals surface area (Å²) in [6.45, 7) is 5.85. The lowest BCUT2D eigenvalue weighted by molar-refractivity contribution is -0.123. The van der Waals surface area contributed by atoms with Crippen LogP contribution in [0.5, 0.6) is 0 Å². The lowest BCUT2D eigenvalue weighted by Gasteiger charge is -2.14. The van der Waals surface area contributed by atoms with E-state index in [0.29, 0.717) is 12.1 Å². The van der Waals surface area contributed by atoms with Crippen molar-refractivity contribution in [2.75, 3.05) is 5.32 Å². The third-order valence-corrected chi connectivity index (χ3v) is 4.76. The SMILES string of the molecule is Cc1cc(C(=O)O[C@H](C)C(=O)Nc2ccccc2F)c(C)n1Cc1ccccc1. The van der Waals surface area contributed by atoms with E-state index in [2.05, 4.69) is 5.32 Å². The molecule has 1 aromatic heterocycles. The number of nitrogens with zero attached hydrogens (tertiary/aromatic N) is 1. The van der Waals surface area contributed by atoms with E-state index in [1.807, 2.05) is 48.7 Å². The number of aromatic nitrogens is 1. The predicted molar refractivity (Wildman–Crippen MR) is 109 cm³/mol. The number of nitrogens with one attached hydrogen (secondary N) is 1. The van der Waals surface area contributed by atoms with Crippen LogP contribution in [0.25, 0.3) is 0 Å². The zero-order valence-corrected chi connectivity index (χ0v) is 16.6. The first-order valence-electron chi connectivity index (χ1n) is 9.34. The largest absolute Gasteiger partial charge is 0.449 e. The molecular formula is C23H23FN2O3. The van der Waals surface area contributed by atoms with Crippen molar-refractivity contribution in [2.45, 2.75) is 33.4 Å². The van der Waals surface area contributed by atoms with E-state index in [0.717, 1.165) is 17.0 Å². The number of ether oxygens (including phenoxy) is 1. The van der Waals surface area contributed by atoms with Crippen LogP contribution in [0.2, 0.25) is 0 Å². The van der Waals surface area contributed by atoms with Gasteiger partial charge >= 0.3 is 5.97 Å². The summed E-state index contributed by atoms with van der Waals surface area (Å²) in [5.41, 5.74) is 3.25. The molecule has 0 radical (unpaired) electrons. The maximum Gasteiger partial charge on any atom is 0.340 e. The third kappa shape index (κ3) is 4.71. The predicted octanol–water partition coefficient (Wildman–Crippen LogP) is 4.48. The molecule has 0 saturated carbocycles. The third-order valence-electron chi connectivity index (χ3n) is 4.76. The van der Waals surface area contributed by atoms with Crippen LogP contribution >= 0.6 is 0 Å². The zero-order chi connectivity index (χ0) is 21.0. The average molecular weight is 394 g/mol. The van der Waals surface area contributed by atoms with Crippen molar-refractivity contribution in [1.82, 2.24) is 4.57 Å². The van der Waals surface area contributed by atoms with Crippen molar-refractivity contribution in [2.24, 2.45) is 0 Å². The van der Waals surface area contributed by atoms with E-state index in [-0.39, 0.29) is 5.69 Å². The van der Waals surface area contributed by atoms with Crippen molar-refractivity contribution in [3.8, 4) is 0 Å². The minimum Gasteiger partial charge on any atom is -0.449 e. The Labute approximate surface area is 169 Å². The molecule has 5 nitrogen and oxygen atoms in total. The molecule has 0 spiro atoms. The van der Waals surface area contributed by atoms with Crippen LogP contribution in [0.4, 0.5) is 10.1 Å². The molecule has 0 unspecified atom stereocenters. The summed E-state index contributed by atoms with van der Waals surface area (Å²) in [5.74, 6) is -1.74. The van der Waals surface area contributed by atoms with Gasteiger partial charge in [-0.15, -0.1) is 0 Å². The Morgan fingerprint density at radius 1 is 1.07 bits per heavy atom. The zero-order valence-electron chi connectivity index (χ0n) is 16.6. The first-order chi connectivity index (χ1) is 13.9. The summed E-state index contributed by atoms with van der Waals surface area (Å²) >= 11 is 0. The molecule has 2 aromatic carbocycles. The number of carbonyl (C=O) groups is 2. The van der Waals surface area contributed by atoms with Crippen LogP contribution in [-0.4, -0.2) is 22.5 Å². The quantitative estimate of drug-likeness (QED) is 0.627. The van der Waals surface area contributed by atoms with Crippen LogP contribution in [0.15, 0.2) is 60.7 Å². The number of esters is 1. The number of aryl methyl sites for hydroxylation is 1. The summed E-state index contributed by atoms with van der Waals surface area (Å²) in [5, 5.41) is 2.43. The van der Waals surface area contributed by atoms with Crippen molar-refractivity contribution >= 4 is 17.6 Å². The van der Waals surface area contributed by atoms with Crippen LogP contribution in [-0.2, 0) is 16.1 Å². The Bertz CT molecular complexity index is 1030. The minimum absolute atomic E-state index is 0.0430. The molecule has 29 heavy (non-hydrogen) atoms. The van der Waals surface area contributed by atoms with Crippen LogP contribution in [0.3, 0.4) is 0 Å². The highest BCUT2D eigenvalue weighted by Crippen LogP contribution is 2.19. The van der Waals surface area contributed by atoms with Crippen molar-refractivity contribution in [1.29, 1.82) is 0 Å². The van der Waals surface area contributed by atoms with Gasteiger partial charge in [-0.3, -0.25) is 4.79 Å². The summed E-state index contributed by atoms with van der Waals surface area (Å²) < 4.78 is 21.0. The van der Waals surface area contributed by atoms with Gasteiger partial charge in [0.1, 0.15) is 5.82 Å². The molecule has 3 rings (SSSR count). The molecule has 0 aliphatic heterocycles. The molecule has 6 heteroatoms. The second kappa shape index (κ2) is 8.73. The van der Waals surface area contributed by atoms with E-state index in [4.69, 9.17) is 4.74 Å². The van der Waals surface area contributed by atoms with Gasteiger partial charge in [0.2, 0.25) is 0 Å². The van der Waals surface area contributed by atoms with E-state index in [1.54, 1.807) is 12.1 Å². The Morgan fingerprint density at radius 3 is 2.41 bits per heavy atom. The molecule has 150 valence electrons. The smallest absolute Gasteiger partial charge is 0.340 e. The number of para-hydroxylation sites is 1. The maximum absolute atomic E-state index is 13.7. The van der Waals surface area contributed by atoms with Crippen molar-refractivity contribution in [3.63, 3.8) is 0 Å². The average Bonchev–Trinajstić information content (AvgIpc) is 2.98. The number of hydrogen-bond acceptors (Lipinski definition) is 3. The standard InChI is InChI=1S/C23H23FN2O3/c1-15-13-19(16(2)26(15)14-18-9-5-4-6-10-18)23(28)29-17(3)22(27)25-21-12-8-7-11-20(21)24/h4-13,17H,14H2,1-3H3,(H,25,27)/t17-/m1/s1. The molecule has 0 aliphatic rings. The lowest BCUT2D eigenvalue weighted by atomic mass is 10.2. The van der Waals surface area contributed by atoms with Gasteiger partial charge in [-0.05, 0) is 44.5 Å². The minimum atomic E-state index is -1.07. The van der Waals surface area contributed by atoms with Gasteiger partial charge in [0.15, 0.2) is 6.10 Å². The maximum atomic E-state index is 13.7. The van der Waals surface area contributed by atoms with E-state index in [1.165, 1.54) is 25.1 Å². The van der Waals surface area contributed by atoms with Crippen LogP contribution in [0.1, 0.15) is 34.2 Å². The monoisotopic (exact) mass is 394 g/mol. The molecule has 0 saturated heterocycles. The van der Waals surface area contributed by atoms with Crippen LogP contribution in [0, 0.1) is 19.7 Å². The number of benzene rings is 2. The van der Waals surface area contributed by atoms with E-state index in [9.17, 15) is 14.0 Å². The van der Waals surface area contributed by atoms with Crippen LogP contribution < -0.4 is 5.32 Å². The fourth-order valence-electron chi connectivity index (χ4n) is 3.09. The molecule has 1 N–H and O–H groups in total. The highest BCUT2D eigenvalue weighted by molar-refractivity contribution is 5.97. The van der Waals surface area contributed by atoms with Gasteiger partial charge < -0.3 is 14.6 Å². The molecule has 3 aromatic rings. The molecule has 1 heterocycles. The molecule has 0 bridgehead atoms. The highest BCUT2D eigenvalue weighted by Gasteiger charge is 2.23. The van der Waals surface area contributed by atoms with E-state index < -0.39 is 23.8 Å². The van der Waals surface area contributed by atoms with Gasteiger partial charge in [-0.25, -0.2) is 9.18 Å². The topological polar surface area (TPSA) is 60.3 Å². The Morgan fingerprint density at radius 2 is 1.72 bits per heavy atom. The first-order valence-corrected chi connectivity index (χ1v) is 9.34. The Balaban J connectivity index is 1.69. The number of hydrogen-bond donors (Lipinski definition) is 1. The number of rotatable bonds is 6. The summed E-state index contributed by atoms with van der Waals surface area (Å²) in [6.07, 6.45) is -1.07. The fraction of sp³-hybridized carbons (Fsp3) is 0.217. The molecule has 0 aliphatic carbocycles. The second-order valence-electron chi connectivity index (χ2n) is 6.87. The van der Waals surface area contributed by atoms with Crippen molar-refractivity contribution < 1.29 is 18.7 Å². The van der Waals surface area contributed by atoms with Gasteiger partial charge in [0, 0.05) is 17.9 Å². The number of anilines is 1. The van der Waals surface area contributed by atoms with Gasteiger partial charge in [-0.1, -0.05) is 42.5 Å². The number of halogens is 1.